The van der Waals surface area contributed by atoms with Crippen LogP contribution in [0.3, 0.4) is 0 Å². The molecule has 10 aromatic rings. The molecule has 0 fully saturated rings. The van der Waals surface area contributed by atoms with Crippen molar-refractivity contribution in [2.24, 2.45) is 0 Å². The molecule has 0 aliphatic rings. The van der Waals surface area contributed by atoms with E-state index in [9.17, 15) is 0 Å². The number of rotatable bonds is 7. The van der Waals surface area contributed by atoms with Gasteiger partial charge in [-0.1, -0.05) is 152 Å². The third-order valence-corrected chi connectivity index (χ3v) is 11.6. The highest BCUT2D eigenvalue weighted by Crippen LogP contribution is 2.45. The van der Waals surface area contributed by atoms with Crippen LogP contribution >= 0.6 is 11.3 Å². The quantitative estimate of drug-likeness (QED) is 0.160. The van der Waals surface area contributed by atoms with Crippen LogP contribution in [0, 0.1) is 0 Å². The Morgan fingerprint density at radius 2 is 0.815 bits per heavy atom. The van der Waals surface area contributed by atoms with Crippen LogP contribution in [0.25, 0.3) is 75.5 Å². The fourth-order valence-corrected chi connectivity index (χ4v) is 8.88. The molecule has 0 amide bonds. The van der Waals surface area contributed by atoms with Crippen molar-refractivity contribution in [1.82, 2.24) is 0 Å². The van der Waals surface area contributed by atoms with Crippen molar-refractivity contribution < 1.29 is 0 Å². The smallest absolute Gasteiger partial charge is 0.0554 e. The predicted molar refractivity (Wildman–Crippen MR) is 233 cm³/mol. The molecule has 1 heterocycles. The summed E-state index contributed by atoms with van der Waals surface area (Å²) in [5.41, 5.74) is 13.0. The van der Waals surface area contributed by atoms with Gasteiger partial charge in [0, 0.05) is 31.5 Å². The lowest BCUT2D eigenvalue weighted by Crippen LogP contribution is -2.10. The van der Waals surface area contributed by atoms with Gasteiger partial charge in [0.1, 0.15) is 0 Å². The summed E-state index contributed by atoms with van der Waals surface area (Å²) in [6.07, 6.45) is 0. The molecule has 254 valence electrons. The lowest BCUT2D eigenvalue weighted by atomic mass is 9.97. The van der Waals surface area contributed by atoms with Gasteiger partial charge in [-0.05, 0) is 116 Å². The highest BCUT2D eigenvalue weighted by molar-refractivity contribution is 7.26. The van der Waals surface area contributed by atoms with E-state index in [1.165, 1.54) is 81.1 Å². The molecule has 0 saturated carbocycles. The van der Waals surface area contributed by atoms with Crippen molar-refractivity contribution >= 4 is 59.3 Å². The van der Waals surface area contributed by atoms with Crippen LogP contribution in [0.2, 0.25) is 0 Å². The molecule has 0 radical (unpaired) electrons. The zero-order valence-corrected chi connectivity index (χ0v) is 30.4. The van der Waals surface area contributed by atoms with E-state index < -0.39 is 0 Å². The second-order valence-corrected chi connectivity index (χ2v) is 14.9. The minimum atomic E-state index is 1.11. The SMILES string of the molecule is c1ccc(-c2cccc(-c3cccc(N(c4ccc(-c5cccc(-c6ccc7ccccc7c6)c5)cc4)c4cccc5sc6ccccc6c45)c3)c2)cc1. The average Bonchev–Trinajstić information content (AvgIpc) is 3.64. The van der Waals surface area contributed by atoms with Crippen LogP contribution in [0.15, 0.2) is 212 Å². The number of fused-ring (bicyclic) bond motifs is 4. The van der Waals surface area contributed by atoms with E-state index in [-0.39, 0.29) is 0 Å². The summed E-state index contributed by atoms with van der Waals surface area (Å²) < 4.78 is 2.58. The summed E-state index contributed by atoms with van der Waals surface area (Å²) in [5, 5.41) is 5.08. The Kier molecular flexibility index (Phi) is 8.09. The van der Waals surface area contributed by atoms with E-state index in [0.717, 1.165) is 11.4 Å². The zero-order valence-electron chi connectivity index (χ0n) is 29.6. The van der Waals surface area contributed by atoms with E-state index in [0.29, 0.717) is 0 Å². The number of nitrogens with zero attached hydrogens (tertiary/aromatic N) is 1. The molecule has 10 rings (SSSR count). The highest BCUT2D eigenvalue weighted by atomic mass is 32.1. The van der Waals surface area contributed by atoms with Gasteiger partial charge in [-0.3, -0.25) is 0 Å². The summed E-state index contributed by atoms with van der Waals surface area (Å²) in [4.78, 5) is 2.43. The second-order valence-electron chi connectivity index (χ2n) is 13.8. The monoisotopic (exact) mass is 705 g/mol. The van der Waals surface area contributed by atoms with Crippen LogP contribution in [0.5, 0.6) is 0 Å². The van der Waals surface area contributed by atoms with Gasteiger partial charge in [0.05, 0.1) is 5.69 Å². The van der Waals surface area contributed by atoms with Crippen LogP contribution in [-0.4, -0.2) is 0 Å². The van der Waals surface area contributed by atoms with Crippen molar-refractivity contribution in [3.8, 4) is 44.5 Å². The van der Waals surface area contributed by atoms with Gasteiger partial charge in [-0.2, -0.15) is 0 Å². The fourth-order valence-electron chi connectivity index (χ4n) is 7.75. The lowest BCUT2D eigenvalue weighted by Gasteiger charge is -2.27. The van der Waals surface area contributed by atoms with E-state index in [1.54, 1.807) is 0 Å². The van der Waals surface area contributed by atoms with Crippen LogP contribution in [-0.2, 0) is 0 Å². The normalized spacial score (nSPS) is 11.3. The number of anilines is 3. The summed E-state index contributed by atoms with van der Waals surface area (Å²) in [7, 11) is 0. The lowest BCUT2D eigenvalue weighted by molar-refractivity contribution is 1.30. The number of hydrogen-bond donors (Lipinski definition) is 0. The van der Waals surface area contributed by atoms with Crippen molar-refractivity contribution in [3.05, 3.63) is 212 Å². The molecule has 1 nitrogen and oxygen atoms in total. The molecule has 0 aliphatic carbocycles. The molecule has 54 heavy (non-hydrogen) atoms. The van der Waals surface area contributed by atoms with Gasteiger partial charge < -0.3 is 4.90 Å². The molecule has 1 aromatic heterocycles. The van der Waals surface area contributed by atoms with Crippen LogP contribution in [0.1, 0.15) is 0 Å². The maximum Gasteiger partial charge on any atom is 0.0554 e. The Balaban J connectivity index is 1.08. The van der Waals surface area contributed by atoms with E-state index in [2.05, 4.69) is 217 Å². The van der Waals surface area contributed by atoms with Crippen LogP contribution in [0.4, 0.5) is 17.1 Å². The molecule has 0 unspecified atom stereocenters. The van der Waals surface area contributed by atoms with Gasteiger partial charge in [0.15, 0.2) is 0 Å². The minimum absolute atomic E-state index is 1.11. The number of hydrogen-bond acceptors (Lipinski definition) is 2. The molecule has 0 spiro atoms. The van der Waals surface area contributed by atoms with E-state index in [4.69, 9.17) is 0 Å². The maximum atomic E-state index is 2.43. The highest BCUT2D eigenvalue weighted by Gasteiger charge is 2.19. The molecule has 2 heteroatoms. The van der Waals surface area contributed by atoms with Crippen molar-refractivity contribution in [2.75, 3.05) is 4.90 Å². The molecule has 0 saturated heterocycles. The average molecular weight is 706 g/mol. The standard InChI is InChI=1S/C52H35NS/c1-2-12-36(13-3-1)40-16-8-18-42(32-40)44-20-10-21-47(35-44)53(49-23-11-25-51-52(49)48-22-6-7-24-50(48)54-51)46-30-28-38(29-31-46)41-17-9-19-43(33-41)45-27-26-37-14-4-5-15-39(37)34-45/h1-35H. The third-order valence-electron chi connectivity index (χ3n) is 10.4. The van der Waals surface area contributed by atoms with Gasteiger partial charge in [-0.15, -0.1) is 11.3 Å². The van der Waals surface area contributed by atoms with Gasteiger partial charge in [-0.25, -0.2) is 0 Å². The first-order valence-electron chi connectivity index (χ1n) is 18.4. The zero-order chi connectivity index (χ0) is 35.8. The summed E-state index contributed by atoms with van der Waals surface area (Å²) in [5.74, 6) is 0. The van der Waals surface area contributed by atoms with Crippen LogP contribution < -0.4 is 4.90 Å². The first-order chi connectivity index (χ1) is 26.7. The summed E-state index contributed by atoms with van der Waals surface area (Å²) in [6, 6.07) is 77.2. The largest absolute Gasteiger partial charge is 0.310 e. The Bertz CT molecular complexity index is 2940. The number of benzene rings is 9. The Hall–Kier alpha value is -6.74. The summed E-state index contributed by atoms with van der Waals surface area (Å²) in [6.45, 7) is 0. The van der Waals surface area contributed by atoms with Gasteiger partial charge >= 0.3 is 0 Å². The minimum Gasteiger partial charge on any atom is -0.310 e. The molecular weight excluding hydrogens is 671 g/mol. The topological polar surface area (TPSA) is 3.24 Å². The van der Waals surface area contributed by atoms with Crippen molar-refractivity contribution in [2.45, 2.75) is 0 Å². The van der Waals surface area contributed by atoms with E-state index in [1.807, 2.05) is 11.3 Å². The molecular formula is C52H35NS. The summed E-state index contributed by atoms with van der Waals surface area (Å²) >= 11 is 1.86. The molecule has 0 atom stereocenters. The van der Waals surface area contributed by atoms with Gasteiger partial charge in [0.2, 0.25) is 0 Å². The van der Waals surface area contributed by atoms with Gasteiger partial charge in [0.25, 0.3) is 0 Å². The Morgan fingerprint density at radius 1 is 0.296 bits per heavy atom. The molecule has 0 aliphatic heterocycles. The predicted octanol–water partition coefficient (Wildman–Crippen LogP) is 15.3. The molecule has 0 bridgehead atoms. The fraction of sp³-hybridized carbons (Fsp3) is 0. The number of thiophene rings is 1. The third kappa shape index (κ3) is 5.93. The van der Waals surface area contributed by atoms with Crippen molar-refractivity contribution in [1.29, 1.82) is 0 Å². The first kappa shape index (κ1) is 32.0. The first-order valence-corrected chi connectivity index (χ1v) is 19.2. The second kappa shape index (κ2) is 13.7. The van der Waals surface area contributed by atoms with Crippen molar-refractivity contribution in [3.63, 3.8) is 0 Å². The maximum absolute atomic E-state index is 2.43. The molecule has 9 aromatic carbocycles. The Morgan fingerprint density at radius 3 is 1.57 bits per heavy atom. The molecule has 0 N–H and O–H groups in total. The Labute approximate surface area is 319 Å². The van der Waals surface area contributed by atoms with E-state index >= 15 is 0 Å².